The summed E-state index contributed by atoms with van der Waals surface area (Å²) in [6.07, 6.45) is 6.29. The van der Waals surface area contributed by atoms with Crippen LogP contribution in [0.5, 0.6) is 0 Å². The van der Waals surface area contributed by atoms with Gasteiger partial charge in [-0.3, -0.25) is 24.4 Å². The van der Waals surface area contributed by atoms with Crippen molar-refractivity contribution in [3.8, 4) is 0 Å². The van der Waals surface area contributed by atoms with E-state index in [4.69, 9.17) is 0 Å². The van der Waals surface area contributed by atoms with Crippen LogP contribution < -0.4 is 16.7 Å². The molecular formula is C21H16N6O4. The number of nitrogens with zero attached hydrogens (tertiary/aromatic N) is 3. The van der Waals surface area contributed by atoms with Gasteiger partial charge in [-0.1, -0.05) is 6.07 Å². The number of fused-ring (bicyclic) bond motifs is 1. The normalized spacial score (nSPS) is 11.1. The predicted octanol–water partition coefficient (Wildman–Crippen LogP) is 1.01. The van der Waals surface area contributed by atoms with Crippen LogP contribution in [0, 0.1) is 6.92 Å². The first-order valence-corrected chi connectivity index (χ1v) is 9.17. The molecule has 4 aromatic heterocycles. The van der Waals surface area contributed by atoms with Gasteiger partial charge in [0.2, 0.25) is 5.78 Å². The number of hydrazone groups is 1. The van der Waals surface area contributed by atoms with Gasteiger partial charge in [-0.25, -0.2) is 10.2 Å². The van der Waals surface area contributed by atoms with E-state index in [9.17, 15) is 19.2 Å². The first kappa shape index (κ1) is 19.7. The van der Waals surface area contributed by atoms with E-state index in [0.717, 1.165) is 11.6 Å². The minimum Gasteiger partial charge on any atom is -0.313 e. The van der Waals surface area contributed by atoms with Gasteiger partial charge in [0, 0.05) is 35.8 Å². The molecule has 3 N–H and O–H groups in total. The Morgan fingerprint density at radius 3 is 2.65 bits per heavy atom. The Morgan fingerprint density at radius 2 is 1.90 bits per heavy atom. The zero-order valence-corrected chi connectivity index (χ0v) is 16.2. The lowest BCUT2D eigenvalue weighted by Crippen LogP contribution is -2.28. The summed E-state index contributed by atoms with van der Waals surface area (Å²) in [6.45, 7) is 1.79. The Bertz CT molecular complexity index is 1420. The summed E-state index contributed by atoms with van der Waals surface area (Å²) in [6, 6.07) is 9.69. The summed E-state index contributed by atoms with van der Waals surface area (Å²) in [5, 5.41) is 3.94. The van der Waals surface area contributed by atoms with E-state index in [-0.39, 0.29) is 11.5 Å². The molecule has 1 amide bonds. The summed E-state index contributed by atoms with van der Waals surface area (Å²) in [5.74, 6) is -0.931. The van der Waals surface area contributed by atoms with E-state index >= 15 is 0 Å². The molecule has 0 radical (unpaired) electrons. The molecule has 10 heteroatoms. The van der Waals surface area contributed by atoms with Gasteiger partial charge in [0.25, 0.3) is 11.5 Å². The number of rotatable bonds is 5. The van der Waals surface area contributed by atoms with Crippen molar-refractivity contribution in [2.45, 2.75) is 6.92 Å². The molecule has 4 rings (SSSR count). The Kier molecular flexibility index (Phi) is 5.10. The maximum Gasteiger partial charge on any atom is 0.326 e. The lowest BCUT2D eigenvalue weighted by molar-refractivity contribution is 0.0948. The highest BCUT2D eigenvalue weighted by atomic mass is 16.2. The van der Waals surface area contributed by atoms with Gasteiger partial charge in [-0.15, -0.1) is 0 Å². The van der Waals surface area contributed by atoms with E-state index in [2.05, 4.69) is 20.5 Å². The van der Waals surface area contributed by atoms with Gasteiger partial charge in [0.1, 0.15) is 5.69 Å². The van der Waals surface area contributed by atoms with E-state index in [0.29, 0.717) is 22.4 Å². The number of carbonyl (C=O) groups is 2. The second-order valence-corrected chi connectivity index (χ2v) is 6.61. The molecule has 31 heavy (non-hydrogen) atoms. The van der Waals surface area contributed by atoms with Crippen molar-refractivity contribution < 1.29 is 9.59 Å². The second-order valence-electron chi connectivity index (χ2n) is 6.61. The summed E-state index contributed by atoms with van der Waals surface area (Å²) in [7, 11) is 0. The fraction of sp³-hybridized carbons (Fsp3) is 0.0476. The fourth-order valence-corrected chi connectivity index (χ4v) is 3.25. The lowest BCUT2D eigenvalue weighted by atomic mass is 10.1. The zero-order chi connectivity index (χ0) is 22.0. The van der Waals surface area contributed by atoms with E-state index in [1.165, 1.54) is 6.21 Å². The smallest absolute Gasteiger partial charge is 0.313 e. The summed E-state index contributed by atoms with van der Waals surface area (Å²) >= 11 is 0. The molecular weight excluding hydrogens is 400 g/mol. The number of aromatic amines is 2. The number of nitrogens with one attached hydrogen (secondary N) is 3. The van der Waals surface area contributed by atoms with E-state index in [1.807, 2.05) is 23.2 Å². The fourth-order valence-electron chi connectivity index (χ4n) is 3.25. The molecule has 0 unspecified atom stereocenters. The number of aromatic nitrogens is 4. The minimum atomic E-state index is -0.796. The van der Waals surface area contributed by atoms with Gasteiger partial charge in [-0.2, -0.15) is 5.10 Å². The van der Waals surface area contributed by atoms with Gasteiger partial charge in [0.05, 0.1) is 17.4 Å². The number of ketones is 1. The number of amides is 1. The molecule has 0 aliphatic carbocycles. The summed E-state index contributed by atoms with van der Waals surface area (Å²) in [4.78, 5) is 56.1. The third kappa shape index (κ3) is 3.81. The Hall–Kier alpha value is -4.60. The molecule has 154 valence electrons. The van der Waals surface area contributed by atoms with Crippen LogP contribution in [0.1, 0.15) is 37.7 Å². The highest BCUT2D eigenvalue weighted by molar-refractivity contribution is 6.11. The topological polar surface area (TPSA) is 142 Å². The van der Waals surface area contributed by atoms with Crippen molar-refractivity contribution >= 4 is 23.4 Å². The summed E-state index contributed by atoms with van der Waals surface area (Å²) < 4.78 is 1.76. The van der Waals surface area contributed by atoms with Crippen molar-refractivity contribution in [3.05, 3.63) is 104 Å². The number of hydrogen-bond donors (Lipinski definition) is 3. The molecule has 4 heterocycles. The first-order valence-electron chi connectivity index (χ1n) is 9.17. The van der Waals surface area contributed by atoms with Crippen LogP contribution >= 0.6 is 0 Å². The third-order valence-electron chi connectivity index (χ3n) is 4.66. The van der Waals surface area contributed by atoms with E-state index < -0.39 is 17.2 Å². The van der Waals surface area contributed by atoms with Crippen LogP contribution in [0.15, 0.2) is 69.7 Å². The van der Waals surface area contributed by atoms with Crippen molar-refractivity contribution in [1.29, 1.82) is 0 Å². The van der Waals surface area contributed by atoms with Crippen LogP contribution in [0.4, 0.5) is 0 Å². The average Bonchev–Trinajstić information content (AvgIpc) is 3.04. The van der Waals surface area contributed by atoms with Crippen molar-refractivity contribution in [2.24, 2.45) is 5.10 Å². The Morgan fingerprint density at radius 1 is 1.13 bits per heavy atom. The molecule has 0 bridgehead atoms. The van der Waals surface area contributed by atoms with Gasteiger partial charge >= 0.3 is 5.69 Å². The number of pyridine rings is 2. The van der Waals surface area contributed by atoms with E-state index in [1.54, 1.807) is 42.0 Å². The maximum absolute atomic E-state index is 13.1. The Balaban J connectivity index is 1.69. The molecule has 4 aromatic rings. The molecule has 0 spiro atoms. The number of hydrogen-bond acceptors (Lipinski definition) is 6. The lowest BCUT2D eigenvalue weighted by Gasteiger charge is -2.03. The maximum atomic E-state index is 13.1. The molecule has 0 aliphatic heterocycles. The van der Waals surface area contributed by atoms with Crippen molar-refractivity contribution in [2.75, 3.05) is 0 Å². The molecule has 0 aliphatic rings. The number of H-pyrrole nitrogens is 2. The van der Waals surface area contributed by atoms with Gasteiger partial charge in [0.15, 0.2) is 0 Å². The Labute approximate surface area is 174 Å². The molecule has 0 aromatic carbocycles. The largest absolute Gasteiger partial charge is 0.326 e. The first-order chi connectivity index (χ1) is 15.0. The van der Waals surface area contributed by atoms with Gasteiger partial charge < -0.3 is 9.38 Å². The standard InChI is InChI=1S/C21H16N6O4/c1-12-14(11-23-26-20(30)15-10-17(28)25-21(31)24-15)16-4-2-3-9-27(16)18(12)19(29)13-5-7-22-8-6-13/h2-11H,1H3,(H,26,30)(H2,24,25,28,31)/b23-11+. The highest BCUT2D eigenvalue weighted by Gasteiger charge is 2.20. The third-order valence-corrected chi connectivity index (χ3v) is 4.66. The predicted molar refractivity (Wildman–Crippen MR) is 113 cm³/mol. The van der Waals surface area contributed by atoms with Gasteiger partial charge in [-0.05, 0) is 36.8 Å². The molecule has 0 atom stereocenters. The number of carbonyl (C=O) groups excluding carboxylic acids is 2. The van der Waals surface area contributed by atoms with Crippen molar-refractivity contribution in [1.82, 2.24) is 24.8 Å². The van der Waals surface area contributed by atoms with Crippen molar-refractivity contribution in [3.63, 3.8) is 0 Å². The quantitative estimate of drug-likeness (QED) is 0.253. The molecule has 0 saturated heterocycles. The SMILES string of the molecule is Cc1c(/C=N/NC(=O)c2cc(=O)[nH]c(=O)[nH]2)c2ccccn2c1C(=O)c1ccncc1. The van der Waals surface area contributed by atoms with Crippen LogP contribution in [0.3, 0.4) is 0 Å². The molecule has 0 saturated carbocycles. The summed E-state index contributed by atoms with van der Waals surface area (Å²) in [5.41, 5.74) is 3.54. The molecule has 10 nitrogen and oxygen atoms in total. The highest BCUT2D eigenvalue weighted by Crippen LogP contribution is 2.24. The molecule has 0 fully saturated rings. The van der Waals surface area contributed by atoms with Crippen LogP contribution in [0.25, 0.3) is 5.52 Å². The monoisotopic (exact) mass is 416 g/mol. The van der Waals surface area contributed by atoms with Crippen LogP contribution in [-0.2, 0) is 0 Å². The minimum absolute atomic E-state index is 0.175. The van der Waals surface area contributed by atoms with Crippen LogP contribution in [0.2, 0.25) is 0 Å². The second kappa shape index (κ2) is 8.03. The zero-order valence-electron chi connectivity index (χ0n) is 16.2. The average molecular weight is 416 g/mol. The van der Waals surface area contributed by atoms with Crippen LogP contribution in [-0.4, -0.2) is 37.3 Å².